The summed E-state index contributed by atoms with van der Waals surface area (Å²) in [7, 11) is 0. The quantitative estimate of drug-likeness (QED) is 0.188. The lowest BCUT2D eigenvalue weighted by atomic mass is 10.00. The van der Waals surface area contributed by atoms with Crippen molar-refractivity contribution in [3.63, 3.8) is 0 Å². The van der Waals surface area contributed by atoms with Crippen LogP contribution in [0.2, 0.25) is 0 Å². The molecule has 1 atom stereocenters. The summed E-state index contributed by atoms with van der Waals surface area (Å²) in [4.78, 5) is 15.7. The molecule has 9 aromatic rings. The summed E-state index contributed by atoms with van der Waals surface area (Å²) >= 11 is 0. The molecule has 3 heterocycles. The second-order valence-corrected chi connectivity index (χ2v) is 12.8. The molecular formula is C45H31N5. The molecule has 236 valence electrons. The zero-order valence-electron chi connectivity index (χ0n) is 27.2. The number of rotatable bonds is 5. The third kappa shape index (κ3) is 4.51. The highest BCUT2D eigenvalue weighted by Crippen LogP contribution is 2.41. The molecule has 10 rings (SSSR count). The molecule has 0 aliphatic heterocycles. The molecule has 0 amide bonds. The Hall–Kier alpha value is -6.59. The van der Waals surface area contributed by atoms with Gasteiger partial charge in [0.15, 0.2) is 5.82 Å². The molecular weight excluding hydrogens is 611 g/mol. The molecule has 1 unspecified atom stereocenters. The Bertz CT molecular complexity index is 2770. The minimum Gasteiger partial charge on any atom is -0.307 e. The van der Waals surface area contributed by atoms with E-state index in [2.05, 4.69) is 173 Å². The molecule has 0 saturated heterocycles. The average molecular weight is 642 g/mol. The van der Waals surface area contributed by atoms with Crippen LogP contribution in [0, 0.1) is 0 Å². The summed E-state index contributed by atoms with van der Waals surface area (Å²) in [5.41, 5.74) is 8.81. The van der Waals surface area contributed by atoms with Crippen molar-refractivity contribution in [3.05, 3.63) is 176 Å². The number of benzene rings is 6. The number of aromatic nitrogens is 5. The maximum Gasteiger partial charge on any atom is 0.238 e. The first kappa shape index (κ1) is 28.4. The number of fused-ring (bicyclic) bond motifs is 7. The Kier molecular flexibility index (Phi) is 6.56. The molecule has 0 spiro atoms. The molecule has 0 bridgehead atoms. The Balaban J connectivity index is 1.29. The Morgan fingerprint density at radius 3 is 1.72 bits per heavy atom. The summed E-state index contributed by atoms with van der Waals surface area (Å²) in [6.45, 7) is 0. The van der Waals surface area contributed by atoms with E-state index < -0.39 is 0 Å². The van der Waals surface area contributed by atoms with Crippen LogP contribution in [0.15, 0.2) is 170 Å². The number of allylic oxidation sites excluding steroid dienone is 4. The van der Waals surface area contributed by atoms with Gasteiger partial charge in [0.05, 0.1) is 22.1 Å². The van der Waals surface area contributed by atoms with E-state index in [9.17, 15) is 0 Å². The average Bonchev–Trinajstić information content (AvgIpc) is 3.72. The lowest BCUT2D eigenvalue weighted by Gasteiger charge is -2.16. The highest BCUT2D eigenvalue weighted by molar-refractivity contribution is 6.23. The van der Waals surface area contributed by atoms with Crippen LogP contribution in [0.25, 0.3) is 77.8 Å². The second kappa shape index (κ2) is 11.5. The molecule has 5 heteroatoms. The highest BCUT2D eigenvalue weighted by Gasteiger charge is 2.24. The van der Waals surface area contributed by atoms with Gasteiger partial charge in [-0.05, 0) is 41.8 Å². The third-order valence-electron chi connectivity index (χ3n) is 9.89. The smallest absolute Gasteiger partial charge is 0.238 e. The van der Waals surface area contributed by atoms with Gasteiger partial charge in [-0.25, -0.2) is 4.98 Å². The maximum absolute atomic E-state index is 5.30. The van der Waals surface area contributed by atoms with Gasteiger partial charge in [-0.2, -0.15) is 9.97 Å². The fraction of sp³-hybridized carbons (Fsp3) is 0.0444. The van der Waals surface area contributed by atoms with Gasteiger partial charge in [0.25, 0.3) is 0 Å². The summed E-state index contributed by atoms with van der Waals surface area (Å²) in [5.74, 6) is 2.09. The van der Waals surface area contributed by atoms with Gasteiger partial charge in [-0.3, -0.25) is 4.57 Å². The summed E-state index contributed by atoms with van der Waals surface area (Å²) in [6, 6.07) is 51.4. The van der Waals surface area contributed by atoms with E-state index in [4.69, 9.17) is 15.0 Å². The fourth-order valence-corrected chi connectivity index (χ4v) is 7.54. The monoisotopic (exact) mass is 641 g/mol. The zero-order chi connectivity index (χ0) is 33.0. The minimum absolute atomic E-state index is 0.0490. The second-order valence-electron chi connectivity index (χ2n) is 12.8. The van der Waals surface area contributed by atoms with Crippen LogP contribution in [0.3, 0.4) is 0 Å². The number of para-hydroxylation sites is 3. The minimum atomic E-state index is 0.0490. The molecule has 0 radical (unpaired) electrons. The molecule has 1 aliphatic carbocycles. The van der Waals surface area contributed by atoms with Crippen LogP contribution in [0.5, 0.6) is 0 Å². The van der Waals surface area contributed by atoms with Gasteiger partial charge >= 0.3 is 0 Å². The number of hydrogen-bond donors (Lipinski definition) is 0. The first-order chi connectivity index (χ1) is 24.8. The number of nitrogens with zero attached hydrogens (tertiary/aromatic N) is 5. The third-order valence-corrected chi connectivity index (χ3v) is 9.89. The predicted molar refractivity (Wildman–Crippen MR) is 205 cm³/mol. The first-order valence-electron chi connectivity index (χ1n) is 17.1. The van der Waals surface area contributed by atoms with Crippen molar-refractivity contribution >= 4 is 43.6 Å². The van der Waals surface area contributed by atoms with E-state index in [0.717, 1.165) is 61.9 Å². The van der Waals surface area contributed by atoms with Gasteiger partial charge in [0.1, 0.15) is 5.82 Å². The zero-order valence-corrected chi connectivity index (χ0v) is 27.2. The molecule has 5 nitrogen and oxygen atoms in total. The Morgan fingerprint density at radius 1 is 0.460 bits per heavy atom. The molecule has 50 heavy (non-hydrogen) atoms. The Labute approximate surface area is 289 Å². The summed E-state index contributed by atoms with van der Waals surface area (Å²) < 4.78 is 4.66. The lowest BCUT2D eigenvalue weighted by molar-refractivity contribution is 0.750. The topological polar surface area (TPSA) is 48.5 Å². The predicted octanol–water partition coefficient (Wildman–Crippen LogP) is 11.0. The summed E-state index contributed by atoms with van der Waals surface area (Å²) in [6.07, 6.45) is 9.40. The van der Waals surface area contributed by atoms with Crippen LogP contribution in [-0.2, 0) is 0 Å². The van der Waals surface area contributed by atoms with Crippen LogP contribution in [0.4, 0.5) is 0 Å². The normalized spacial score (nSPS) is 14.4. The van der Waals surface area contributed by atoms with E-state index in [0.29, 0.717) is 11.8 Å². The largest absolute Gasteiger partial charge is 0.307 e. The van der Waals surface area contributed by atoms with E-state index in [1.165, 1.54) is 16.3 Å². The highest BCUT2D eigenvalue weighted by atomic mass is 15.2. The van der Waals surface area contributed by atoms with Gasteiger partial charge < -0.3 is 4.57 Å². The first-order valence-corrected chi connectivity index (χ1v) is 17.1. The van der Waals surface area contributed by atoms with Crippen molar-refractivity contribution in [3.8, 4) is 34.2 Å². The molecule has 3 aromatic heterocycles. The van der Waals surface area contributed by atoms with Crippen molar-refractivity contribution < 1.29 is 0 Å². The number of hydrogen-bond acceptors (Lipinski definition) is 3. The van der Waals surface area contributed by atoms with E-state index in [-0.39, 0.29) is 5.92 Å². The van der Waals surface area contributed by atoms with Gasteiger partial charge in [-0.15, -0.1) is 0 Å². The van der Waals surface area contributed by atoms with Crippen LogP contribution in [-0.4, -0.2) is 24.1 Å². The van der Waals surface area contributed by atoms with Crippen LogP contribution < -0.4 is 0 Å². The van der Waals surface area contributed by atoms with E-state index in [1.807, 2.05) is 6.07 Å². The van der Waals surface area contributed by atoms with Crippen LogP contribution >= 0.6 is 0 Å². The van der Waals surface area contributed by atoms with Crippen molar-refractivity contribution in [1.82, 2.24) is 24.1 Å². The van der Waals surface area contributed by atoms with Gasteiger partial charge in [0.2, 0.25) is 5.95 Å². The van der Waals surface area contributed by atoms with E-state index >= 15 is 0 Å². The van der Waals surface area contributed by atoms with Crippen molar-refractivity contribution in [2.75, 3.05) is 0 Å². The van der Waals surface area contributed by atoms with E-state index in [1.54, 1.807) is 0 Å². The molecule has 0 fully saturated rings. The maximum atomic E-state index is 5.30. The molecule has 1 aliphatic rings. The standard InChI is InChI=1S/C45H31N5/c1-4-14-30(15-5-1)31-24-26-33(27-25-31)44-46-43(32-16-6-2-7-17-32)47-45(48-44)50-40-23-13-11-21-36(40)38-29-28-37-35-20-10-12-22-39(35)49(41(37)42(38)50)34-18-8-3-9-19-34/h1-16,18-29,32H,17H2. The molecule has 0 saturated carbocycles. The van der Waals surface area contributed by atoms with Crippen molar-refractivity contribution in [2.24, 2.45) is 0 Å². The van der Waals surface area contributed by atoms with Crippen LogP contribution in [0.1, 0.15) is 18.2 Å². The molecule has 6 aromatic carbocycles. The SMILES string of the molecule is C1=CCC(c2nc(-c3ccc(-c4ccccc4)cc3)nc(-n3c4ccccc4c4ccc5c6ccccc6n(-c6ccccc6)c5c43)n2)C=C1. The van der Waals surface area contributed by atoms with Gasteiger partial charge in [-0.1, -0.05) is 146 Å². The van der Waals surface area contributed by atoms with Gasteiger partial charge in [0, 0.05) is 38.7 Å². The Morgan fingerprint density at radius 2 is 1.04 bits per heavy atom. The fourth-order valence-electron chi connectivity index (χ4n) is 7.54. The van der Waals surface area contributed by atoms with Crippen molar-refractivity contribution in [1.29, 1.82) is 0 Å². The van der Waals surface area contributed by atoms with Crippen molar-refractivity contribution in [2.45, 2.75) is 12.3 Å². The summed E-state index contributed by atoms with van der Waals surface area (Å²) in [5, 5.41) is 4.71. The lowest BCUT2D eigenvalue weighted by Crippen LogP contribution is -2.11. The molecule has 0 N–H and O–H groups in total.